The highest BCUT2D eigenvalue weighted by Gasteiger charge is 2.44. The normalized spacial score (nSPS) is 25.5. The number of rotatable bonds is 7. The molecule has 0 bridgehead atoms. The molecule has 9 heteroatoms. The van der Waals surface area contributed by atoms with Gasteiger partial charge in [-0.2, -0.15) is 0 Å². The van der Waals surface area contributed by atoms with E-state index in [9.17, 15) is 10.2 Å². The molecule has 3 aromatic rings. The average molecular weight is 399 g/mol. The van der Waals surface area contributed by atoms with Crippen molar-refractivity contribution in [3.05, 3.63) is 48.5 Å². The van der Waals surface area contributed by atoms with Crippen molar-refractivity contribution in [2.24, 2.45) is 0 Å². The first kappa shape index (κ1) is 19.7. The molecule has 154 valence electrons. The third-order valence-corrected chi connectivity index (χ3v) is 5.18. The summed E-state index contributed by atoms with van der Waals surface area (Å²) in [5, 5.41) is 21.1. The Balaban J connectivity index is 1.49. The van der Waals surface area contributed by atoms with Crippen LogP contribution in [-0.2, 0) is 9.47 Å². The molecule has 0 amide bonds. The molecule has 0 spiro atoms. The summed E-state index contributed by atoms with van der Waals surface area (Å²) in [5.74, 6) is 0.243. The maximum absolute atomic E-state index is 10.6. The minimum absolute atomic E-state index is 0.102. The van der Waals surface area contributed by atoms with Gasteiger partial charge in [0.15, 0.2) is 17.7 Å². The minimum Gasteiger partial charge on any atom is -0.387 e. The second kappa shape index (κ2) is 8.42. The number of imidazole rings is 1. The third-order valence-electron chi connectivity index (χ3n) is 5.18. The van der Waals surface area contributed by atoms with Crippen molar-refractivity contribution in [2.75, 3.05) is 12.3 Å². The number of hydrogen-bond acceptors (Lipinski definition) is 8. The molecule has 9 nitrogen and oxygen atoms in total. The highest BCUT2D eigenvalue weighted by atomic mass is 16.6. The lowest BCUT2D eigenvalue weighted by atomic mass is 10.1. The van der Waals surface area contributed by atoms with Gasteiger partial charge >= 0.3 is 0 Å². The average Bonchev–Trinajstić information content (AvgIpc) is 3.29. The molecule has 1 saturated heterocycles. The Morgan fingerprint density at radius 1 is 1.17 bits per heavy atom. The largest absolute Gasteiger partial charge is 0.387 e. The van der Waals surface area contributed by atoms with Crippen LogP contribution in [0.5, 0.6) is 0 Å². The van der Waals surface area contributed by atoms with E-state index in [1.165, 1.54) is 12.7 Å². The van der Waals surface area contributed by atoms with E-state index in [1.807, 2.05) is 30.3 Å². The Kier molecular flexibility index (Phi) is 5.72. The predicted molar refractivity (Wildman–Crippen MR) is 106 cm³/mol. The van der Waals surface area contributed by atoms with E-state index in [4.69, 9.17) is 15.2 Å². The zero-order chi connectivity index (χ0) is 20.4. The fourth-order valence-corrected chi connectivity index (χ4v) is 3.64. The van der Waals surface area contributed by atoms with Gasteiger partial charge in [0.05, 0.1) is 19.0 Å². The van der Waals surface area contributed by atoms with E-state index in [2.05, 4.69) is 21.9 Å². The van der Waals surface area contributed by atoms with Crippen molar-refractivity contribution >= 4 is 17.0 Å². The number of nitrogens with zero attached hydrogens (tertiary/aromatic N) is 4. The molecule has 0 aliphatic carbocycles. The maximum atomic E-state index is 10.6. The van der Waals surface area contributed by atoms with Crippen LogP contribution in [0.1, 0.15) is 37.7 Å². The first-order valence-corrected chi connectivity index (χ1v) is 9.71. The van der Waals surface area contributed by atoms with E-state index < -0.39 is 24.5 Å². The standard InChI is InChI=1S/C20H25N5O4/c1-2-6-13(12-7-4-3-5-8-12)28-9-14-16(26)17(27)20(29-14)25-11-24-15-18(21)22-10-23-19(15)25/h3-5,7-8,10-11,13-14,16-17,20,26-27H,2,6,9H2,1H3,(H2,21,22,23)/t13-,14+,16+,17+,20+/m0/s1. The number of hydrogen-bond donors (Lipinski definition) is 3. The number of aliphatic hydroxyl groups excluding tert-OH is 2. The summed E-state index contributed by atoms with van der Waals surface area (Å²) in [7, 11) is 0. The highest BCUT2D eigenvalue weighted by molar-refractivity contribution is 5.81. The Morgan fingerprint density at radius 2 is 1.97 bits per heavy atom. The minimum atomic E-state index is -1.15. The van der Waals surface area contributed by atoms with Crippen LogP contribution in [0.3, 0.4) is 0 Å². The number of nitrogen functional groups attached to an aromatic ring is 1. The van der Waals surface area contributed by atoms with Gasteiger partial charge in [-0.25, -0.2) is 15.0 Å². The second-order valence-corrected chi connectivity index (χ2v) is 7.15. The Morgan fingerprint density at radius 3 is 2.72 bits per heavy atom. The van der Waals surface area contributed by atoms with Crippen LogP contribution in [0, 0.1) is 0 Å². The first-order chi connectivity index (χ1) is 14.1. The quantitative estimate of drug-likeness (QED) is 0.546. The van der Waals surface area contributed by atoms with Crippen LogP contribution < -0.4 is 5.73 Å². The molecule has 1 aromatic carbocycles. The number of ether oxygens (including phenoxy) is 2. The zero-order valence-electron chi connectivity index (χ0n) is 16.1. The van der Waals surface area contributed by atoms with Crippen molar-refractivity contribution in [2.45, 2.75) is 50.4 Å². The molecule has 4 N–H and O–H groups in total. The van der Waals surface area contributed by atoms with Gasteiger partial charge in [-0.1, -0.05) is 43.7 Å². The van der Waals surface area contributed by atoms with Gasteiger partial charge in [0.1, 0.15) is 30.2 Å². The van der Waals surface area contributed by atoms with Gasteiger partial charge in [-0.3, -0.25) is 4.57 Å². The van der Waals surface area contributed by atoms with E-state index in [-0.39, 0.29) is 18.5 Å². The van der Waals surface area contributed by atoms with Gasteiger partial charge in [0.2, 0.25) is 0 Å². The van der Waals surface area contributed by atoms with Crippen molar-refractivity contribution in [1.82, 2.24) is 19.5 Å². The lowest BCUT2D eigenvalue weighted by Crippen LogP contribution is -2.34. The molecular weight excluding hydrogens is 374 g/mol. The monoisotopic (exact) mass is 399 g/mol. The van der Waals surface area contributed by atoms with E-state index in [0.29, 0.717) is 11.2 Å². The molecule has 4 rings (SSSR count). The number of aromatic nitrogens is 4. The van der Waals surface area contributed by atoms with Crippen molar-refractivity contribution < 1.29 is 19.7 Å². The fraction of sp³-hybridized carbons (Fsp3) is 0.450. The van der Waals surface area contributed by atoms with Crippen LogP contribution in [0.2, 0.25) is 0 Å². The molecule has 29 heavy (non-hydrogen) atoms. The second-order valence-electron chi connectivity index (χ2n) is 7.15. The molecule has 1 fully saturated rings. The molecule has 0 unspecified atom stereocenters. The number of nitrogens with two attached hydrogens (primary N) is 1. The summed E-state index contributed by atoms with van der Waals surface area (Å²) in [4.78, 5) is 12.3. The number of aliphatic hydroxyl groups is 2. The number of anilines is 1. The van der Waals surface area contributed by atoms with Crippen molar-refractivity contribution in [3.8, 4) is 0 Å². The molecule has 5 atom stereocenters. The topological polar surface area (TPSA) is 129 Å². The molecule has 1 aliphatic rings. The Hall–Kier alpha value is -2.59. The summed E-state index contributed by atoms with van der Waals surface area (Å²) in [5.41, 5.74) is 7.75. The molecule has 0 radical (unpaired) electrons. The smallest absolute Gasteiger partial charge is 0.167 e. The summed E-state index contributed by atoms with van der Waals surface area (Å²) < 4.78 is 13.6. The van der Waals surface area contributed by atoms with Crippen LogP contribution in [0.15, 0.2) is 43.0 Å². The predicted octanol–water partition coefficient (Wildman–Crippen LogP) is 1.59. The number of benzene rings is 1. The third kappa shape index (κ3) is 3.82. The zero-order valence-corrected chi connectivity index (χ0v) is 16.1. The summed E-state index contributed by atoms with van der Waals surface area (Å²) >= 11 is 0. The Labute approximate surface area is 168 Å². The summed E-state index contributed by atoms with van der Waals surface area (Å²) in [6.07, 6.45) is 0.714. The number of fused-ring (bicyclic) bond motifs is 1. The van der Waals surface area contributed by atoms with Gasteiger partial charge < -0.3 is 25.4 Å². The van der Waals surface area contributed by atoms with Gasteiger partial charge in [-0.05, 0) is 12.0 Å². The van der Waals surface area contributed by atoms with Crippen LogP contribution in [0.25, 0.3) is 11.2 Å². The SMILES string of the molecule is CCC[C@H](OC[C@H]1O[C@@H](n2cnc3c(N)ncnc32)[C@H](O)[C@@H]1O)c1ccccc1. The fourth-order valence-electron chi connectivity index (χ4n) is 3.64. The molecular formula is C20H25N5O4. The lowest BCUT2D eigenvalue weighted by Gasteiger charge is -2.21. The lowest BCUT2D eigenvalue weighted by molar-refractivity contribution is -0.0831. The maximum Gasteiger partial charge on any atom is 0.167 e. The van der Waals surface area contributed by atoms with E-state index in [1.54, 1.807) is 4.57 Å². The molecule has 3 heterocycles. The molecule has 0 saturated carbocycles. The summed E-state index contributed by atoms with van der Waals surface area (Å²) in [6, 6.07) is 9.94. The van der Waals surface area contributed by atoms with Gasteiger partial charge in [-0.15, -0.1) is 0 Å². The summed E-state index contributed by atoms with van der Waals surface area (Å²) in [6.45, 7) is 2.25. The Bertz CT molecular complexity index is 950. The molecule has 1 aliphatic heterocycles. The van der Waals surface area contributed by atoms with Crippen molar-refractivity contribution in [3.63, 3.8) is 0 Å². The highest BCUT2D eigenvalue weighted by Crippen LogP contribution is 2.33. The van der Waals surface area contributed by atoms with Crippen LogP contribution in [-0.4, -0.2) is 54.7 Å². The van der Waals surface area contributed by atoms with Gasteiger partial charge in [0.25, 0.3) is 0 Å². The van der Waals surface area contributed by atoms with E-state index in [0.717, 1.165) is 18.4 Å². The molecule has 2 aromatic heterocycles. The van der Waals surface area contributed by atoms with E-state index >= 15 is 0 Å². The van der Waals surface area contributed by atoms with Crippen LogP contribution >= 0.6 is 0 Å². The van der Waals surface area contributed by atoms with Crippen LogP contribution in [0.4, 0.5) is 5.82 Å². The van der Waals surface area contributed by atoms with Gasteiger partial charge in [0, 0.05) is 0 Å². The van der Waals surface area contributed by atoms with Crippen molar-refractivity contribution in [1.29, 1.82) is 0 Å². The first-order valence-electron chi connectivity index (χ1n) is 9.71.